The summed E-state index contributed by atoms with van der Waals surface area (Å²) in [6.45, 7) is 1.74. The zero-order valence-electron chi connectivity index (χ0n) is 9.05. The van der Waals surface area contributed by atoms with E-state index in [9.17, 15) is 4.39 Å². The van der Waals surface area contributed by atoms with E-state index in [0.29, 0.717) is 6.54 Å². The number of hydrogen-bond acceptors (Lipinski definition) is 2. The normalized spacial score (nSPS) is 17.4. The number of hydrogen-bond donors (Lipinski definition) is 2. The molecule has 0 saturated heterocycles. The lowest BCUT2D eigenvalue weighted by atomic mass is 10.1. The molecule has 0 amide bonds. The van der Waals surface area contributed by atoms with Crippen molar-refractivity contribution in [3.8, 4) is 0 Å². The molecule has 0 bridgehead atoms. The van der Waals surface area contributed by atoms with Crippen LogP contribution in [0.2, 0.25) is 5.02 Å². The van der Waals surface area contributed by atoms with Crippen molar-refractivity contribution in [2.24, 2.45) is 11.7 Å². The second kappa shape index (κ2) is 5.13. The van der Waals surface area contributed by atoms with Crippen molar-refractivity contribution < 1.29 is 4.39 Å². The zero-order valence-corrected chi connectivity index (χ0v) is 9.80. The van der Waals surface area contributed by atoms with E-state index in [0.717, 1.165) is 18.0 Å². The molecule has 4 heteroatoms. The maximum absolute atomic E-state index is 12.9. The molecule has 1 saturated carbocycles. The Morgan fingerprint density at radius 1 is 1.50 bits per heavy atom. The van der Waals surface area contributed by atoms with Crippen LogP contribution in [0.3, 0.4) is 0 Å². The average molecular weight is 243 g/mol. The summed E-state index contributed by atoms with van der Waals surface area (Å²) in [5.74, 6) is 0.438. The van der Waals surface area contributed by atoms with Gasteiger partial charge in [-0.05, 0) is 43.0 Å². The minimum atomic E-state index is -0.399. The Bertz CT molecular complexity index is 366. The molecule has 0 aromatic heterocycles. The van der Waals surface area contributed by atoms with Gasteiger partial charge in [-0.3, -0.25) is 0 Å². The minimum absolute atomic E-state index is 0.128. The number of halogens is 2. The summed E-state index contributed by atoms with van der Waals surface area (Å²) >= 11 is 5.70. The average Bonchev–Trinajstić information content (AvgIpc) is 3.06. The quantitative estimate of drug-likeness (QED) is 0.833. The Balaban J connectivity index is 1.86. The van der Waals surface area contributed by atoms with Crippen LogP contribution in [0.4, 0.5) is 4.39 Å². The standard InChI is InChI=1S/C12H16ClFN2/c13-10-5-9(3-4-11(10)14)12(15)7-16-6-8-1-2-8/h3-5,8,12,16H,1-2,6-7,15H2/t12-/m1/s1. The fourth-order valence-electron chi connectivity index (χ4n) is 1.63. The molecule has 1 aromatic rings. The number of benzene rings is 1. The molecule has 3 N–H and O–H groups in total. The second-order valence-electron chi connectivity index (χ2n) is 4.38. The van der Waals surface area contributed by atoms with Crippen LogP contribution in [0.25, 0.3) is 0 Å². The van der Waals surface area contributed by atoms with Gasteiger partial charge in [0.25, 0.3) is 0 Å². The van der Waals surface area contributed by atoms with E-state index in [1.54, 1.807) is 12.1 Å². The highest BCUT2D eigenvalue weighted by atomic mass is 35.5. The molecule has 1 atom stereocenters. The van der Waals surface area contributed by atoms with Crippen LogP contribution < -0.4 is 11.1 Å². The Kier molecular flexibility index (Phi) is 3.79. The third-order valence-corrected chi connectivity index (χ3v) is 3.16. The fourth-order valence-corrected chi connectivity index (χ4v) is 1.81. The first kappa shape index (κ1) is 11.8. The molecule has 16 heavy (non-hydrogen) atoms. The number of nitrogens with one attached hydrogen (secondary N) is 1. The molecule has 0 spiro atoms. The molecular weight excluding hydrogens is 227 g/mol. The maximum atomic E-state index is 12.9. The minimum Gasteiger partial charge on any atom is -0.323 e. The summed E-state index contributed by atoms with van der Waals surface area (Å²) in [6, 6.07) is 4.51. The van der Waals surface area contributed by atoms with Gasteiger partial charge in [0.05, 0.1) is 5.02 Å². The largest absolute Gasteiger partial charge is 0.323 e. The highest BCUT2D eigenvalue weighted by molar-refractivity contribution is 6.30. The molecule has 2 nitrogen and oxygen atoms in total. The summed E-state index contributed by atoms with van der Waals surface area (Å²) in [4.78, 5) is 0. The Morgan fingerprint density at radius 3 is 2.88 bits per heavy atom. The van der Waals surface area contributed by atoms with E-state index in [-0.39, 0.29) is 11.1 Å². The molecule has 1 fully saturated rings. The lowest BCUT2D eigenvalue weighted by Gasteiger charge is -2.13. The van der Waals surface area contributed by atoms with Crippen LogP contribution in [-0.2, 0) is 0 Å². The van der Waals surface area contributed by atoms with E-state index in [2.05, 4.69) is 5.32 Å². The maximum Gasteiger partial charge on any atom is 0.141 e. The van der Waals surface area contributed by atoms with Crippen molar-refractivity contribution in [2.45, 2.75) is 18.9 Å². The Labute approximate surface area is 100.0 Å². The van der Waals surface area contributed by atoms with Gasteiger partial charge >= 0.3 is 0 Å². The summed E-state index contributed by atoms with van der Waals surface area (Å²) in [5.41, 5.74) is 6.85. The summed E-state index contributed by atoms with van der Waals surface area (Å²) < 4.78 is 12.9. The molecule has 1 aromatic carbocycles. The van der Waals surface area contributed by atoms with Gasteiger partial charge in [0, 0.05) is 12.6 Å². The first-order valence-corrected chi connectivity index (χ1v) is 5.96. The van der Waals surface area contributed by atoms with Gasteiger partial charge in [0.2, 0.25) is 0 Å². The monoisotopic (exact) mass is 242 g/mol. The molecule has 0 unspecified atom stereocenters. The molecule has 0 heterocycles. The molecule has 0 aliphatic heterocycles. The van der Waals surface area contributed by atoms with E-state index >= 15 is 0 Å². The molecule has 1 aliphatic carbocycles. The molecular formula is C12H16ClFN2. The number of nitrogens with two attached hydrogens (primary N) is 1. The summed E-state index contributed by atoms with van der Waals surface area (Å²) in [6.07, 6.45) is 2.65. The third kappa shape index (κ3) is 3.17. The van der Waals surface area contributed by atoms with E-state index in [4.69, 9.17) is 17.3 Å². The van der Waals surface area contributed by atoms with Crippen LogP contribution >= 0.6 is 11.6 Å². The predicted octanol–water partition coefficient (Wildman–Crippen LogP) is 2.48. The van der Waals surface area contributed by atoms with Crippen molar-refractivity contribution >= 4 is 11.6 Å². The van der Waals surface area contributed by atoms with Gasteiger partial charge in [-0.1, -0.05) is 17.7 Å². The van der Waals surface area contributed by atoms with Crippen molar-refractivity contribution in [3.05, 3.63) is 34.6 Å². The Morgan fingerprint density at radius 2 is 2.25 bits per heavy atom. The first-order chi connectivity index (χ1) is 7.66. The smallest absolute Gasteiger partial charge is 0.141 e. The predicted molar refractivity (Wildman–Crippen MR) is 63.9 cm³/mol. The summed E-state index contributed by atoms with van der Waals surface area (Å²) in [5, 5.41) is 3.45. The van der Waals surface area contributed by atoms with Crippen LogP contribution in [0, 0.1) is 11.7 Å². The topological polar surface area (TPSA) is 38.0 Å². The molecule has 88 valence electrons. The van der Waals surface area contributed by atoms with Gasteiger partial charge in [0.1, 0.15) is 5.82 Å². The van der Waals surface area contributed by atoms with Crippen LogP contribution in [-0.4, -0.2) is 13.1 Å². The van der Waals surface area contributed by atoms with Crippen LogP contribution in [0.1, 0.15) is 24.4 Å². The first-order valence-electron chi connectivity index (χ1n) is 5.58. The van der Waals surface area contributed by atoms with Gasteiger partial charge in [-0.2, -0.15) is 0 Å². The second-order valence-corrected chi connectivity index (χ2v) is 4.79. The molecule has 2 rings (SSSR count). The lowest BCUT2D eigenvalue weighted by Crippen LogP contribution is -2.28. The number of rotatable bonds is 5. The van der Waals surface area contributed by atoms with Crippen molar-refractivity contribution in [3.63, 3.8) is 0 Å². The van der Waals surface area contributed by atoms with E-state index < -0.39 is 5.82 Å². The van der Waals surface area contributed by atoms with Crippen molar-refractivity contribution in [1.29, 1.82) is 0 Å². The summed E-state index contributed by atoms with van der Waals surface area (Å²) in [7, 11) is 0. The highest BCUT2D eigenvalue weighted by Crippen LogP contribution is 2.27. The lowest BCUT2D eigenvalue weighted by molar-refractivity contribution is 0.572. The molecule has 0 radical (unpaired) electrons. The van der Waals surface area contributed by atoms with Gasteiger partial charge in [-0.15, -0.1) is 0 Å². The van der Waals surface area contributed by atoms with Crippen molar-refractivity contribution in [2.75, 3.05) is 13.1 Å². The van der Waals surface area contributed by atoms with Crippen molar-refractivity contribution in [1.82, 2.24) is 5.32 Å². The Hall–Kier alpha value is -0.640. The SMILES string of the molecule is N[C@H](CNCC1CC1)c1ccc(F)c(Cl)c1. The van der Waals surface area contributed by atoms with E-state index in [1.807, 2.05) is 0 Å². The van der Waals surface area contributed by atoms with Gasteiger partial charge in [-0.25, -0.2) is 4.39 Å². The fraction of sp³-hybridized carbons (Fsp3) is 0.500. The van der Waals surface area contributed by atoms with Crippen LogP contribution in [0.5, 0.6) is 0 Å². The zero-order chi connectivity index (χ0) is 11.5. The van der Waals surface area contributed by atoms with Gasteiger partial charge < -0.3 is 11.1 Å². The van der Waals surface area contributed by atoms with Gasteiger partial charge in [0.15, 0.2) is 0 Å². The molecule has 1 aliphatic rings. The highest BCUT2D eigenvalue weighted by Gasteiger charge is 2.20. The van der Waals surface area contributed by atoms with Crippen LogP contribution in [0.15, 0.2) is 18.2 Å². The van der Waals surface area contributed by atoms with E-state index in [1.165, 1.54) is 18.9 Å². The third-order valence-electron chi connectivity index (χ3n) is 2.87.